The van der Waals surface area contributed by atoms with E-state index in [2.05, 4.69) is 67.7 Å². The second kappa shape index (κ2) is 21.6. The first-order valence-electron chi connectivity index (χ1n) is 12.4. The molecule has 3 heteroatoms. The lowest BCUT2D eigenvalue weighted by Gasteiger charge is -2.15. The number of carbonyl (C=O) groups excluding carboxylic acids is 1. The Morgan fingerprint density at radius 1 is 0.788 bits per heavy atom. The van der Waals surface area contributed by atoms with Crippen molar-refractivity contribution in [2.45, 2.75) is 70.5 Å². The highest BCUT2D eigenvalue weighted by atomic mass is 32.2. The minimum absolute atomic E-state index is 0.133. The van der Waals surface area contributed by atoms with Crippen molar-refractivity contribution in [3.63, 3.8) is 0 Å². The zero-order valence-electron chi connectivity index (χ0n) is 20.5. The second-order valence-corrected chi connectivity index (χ2v) is 8.83. The molecule has 0 aliphatic rings. The highest BCUT2D eigenvalue weighted by Gasteiger charge is 2.21. The number of allylic oxidation sites excluding steroid dienone is 10. The van der Waals surface area contributed by atoms with Crippen LogP contribution in [0, 0.1) is 0 Å². The second-order valence-electron chi connectivity index (χ2n) is 7.62. The number of hydrogen-bond acceptors (Lipinski definition) is 3. The molecule has 0 N–H and O–H groups in total. The van der Waals surface area contributed by atoms with Crippen LogP contribution in [-0.4, -0.2) is 18.3 Å². The van der Waals surface area contributed by atoms with Crippen LogP contribution in [0.3, 0.4) is 0 Å². The Hall–Kier alpha value is -2.26. The van der Waals surface area contributed by atoms with Gasteiger partial charge in [0.25, 0.3) is 0 Å². The average Bonchev–Trinajstić information content (AvgIpc) is 2.83. The summed E-state index contributed by atoms with van der Waals surface area (Å²) in [7, 11) is 0. The molecule has 0 fully saturated rings. The monoisotopic (exact) mass is 466 g/mol. The van der Waals surface area contributed by atoms with Gasteiger partial charge >= 0.3 is 5.97 Å². The maximum absolute atomic E-state index is 12.3. The van der Waals surface area contributed by atoms with Gasteiger partial charge in [-0.1, -0.05) is 98.0 Å². The molecule has 0 aliphatic heterocycles. The summed E-state index contributed by atoms with van der Waals surface area (Å²) in [6.45, 7) is 4.44. The first-order valence-corrected chi connectivity index (χ1v) is 13.4. The molecule has 0 bridgehead atoms. The first kappa shape index (κ1) is 28.8. The number of benzene rings is 1. The van der Waals surface area contributed by atoms with Gasteiger partial charge in [0.1, 0.15) is 5.25 Å². The Balaban J connectivity index is 2.10. The standard InChI is InChI=1S/C30H42O2S/c1-3-5-6-7-8-9-10-11-12-13-14-15-16-17-18-19-20-24-27-33-29(30(31)32-4-2)28-25-22-21-23-26-28/h5-6,8-9,11-12,14-15,17-18,21-23,25-26,29H,3-4,7,10,13,16,19-20,24,27H2,1-2H3. The summed E-state index contributed by atoms with van der Waals surface area (Å²) in [5.74, 6) is 0.829. The summed E-state index contributed by atoms with van der Waals surface area (Å²) in [6, 6.07) is 9.94. The van der Waals surface area contributed by atoms with Gasteiger partial charge in [-0.25, -0.2) is 0 Å². The van der Waals surface area contributed by atoms with Crippen molar-refractivity contribution in [1.82, 2.24) is 0 Å². The summed E-state index contributed by atoms with van der Waals surface area (Å²) in [5.41, 5.74) is 1.03. The van der Waals surface area contributed by atoms with Crippen LogP contribution in [0.4, 0.5) is 0 Å². The van der Waals surface area contributed by atoms with Crippen molar-refractivity contribution in [2.75, 3.05) is 12.4 Å². The van der Waals surface area contributed by atoms with Gasteiger partial charge in [-0.15, -0.1) is 11.8 Å². The average molecular weight is 467 g/mol. The lowest BCUT2D eigenvalue weighted by atomic mass is 10.1. The molecule has 0 heterocycles. The van der Waals surface area contributed by atoms with Gasteiger partial charge in [-0.05, 0) is 69.6 Å². The largest absolute Gasteiger partial charge is 0.465 e. The van der Waals surface area contributed by atoms with Gasteiger partial charge in [0, 0.05) is 0 Å². The fourth-order valence-corrected chi connectivity index (χ4v) is 4.24. The van der Waals surface area contributed by atoms with Crippen molar-refractivity contribution in [3.8, 4) is 0 Å². The van der Waals surface area contributed by atoms with E-state index in [-0.39, 0.29) is 11.2 Å². The van der Waals surface area contributed by atoms with E-state index < -0.39 is 0 Å². The van der Waals surface area contributed by atoms with E-state index in [1.807, 2.05) is 37.3 Å². The van der Waals surface area contributed by atoms with Crippen molar-refractivity contribution < 1.29 is 9.53 Å². The third-order valence-corrected chi connectivity index (χ3v) is 6.13. The van der Waals surface area contributed by atoms with E-state index in [9.17, 15) is 4.79 Å². The first-order chi connectivity index (χ1) is 16.3. The molecule has 180 valence electrons. The zero-order chi connectivity index (χ0) is 23.8. The molecule has 1 unspecified atom stereocenters. The Kier molecular flexibility index (Phi) is 18.8. The molecule has 0 saturated heterocycles. The van der Waals surface area contributed by atoms with Crippen LogP contribution in [-0.2, 0) is 9.53 Å². The van der Waals surface area contributed by atoms with E-state index >= 15 is 0 Å². The van der Waals surface area contributed by atoms with Gasteiger partial charge in [-0.2, -0.15) is 0 Å². The molecule has 0 spiro atoms. The molecule has 1 aromatic carbocycles. The zero-order valence-corrected chi connectivity index (χ0v) is 21.3. The SMILES string of the molecule is CCC=CCC=CCC=CCC=CCC=CCCCCSC(C(=O)OCC)c1ccccc1. The van der Waals surface area contributed by atoms with Crippen molar-refractivity contribution in [1.29, 1.82) is 0 Å². The third-order valence-electron chi connectivity index (χ3n) is 4.81. The van der Waals surface area contributed by atoms with Gasteiger partial charge in [0.15, 0.2) is 0 Å². The number of esters is 1. The van der Waals surface area contributed by atoms with Gasteiger partial charge < -0.3 is 4.74 Å². The number of carbonyl (C=O) groups is 1. The minimum atomic E-state index is -0.222. The molecule has 1 rings (SSSR count). The Labute approximate surface area is 206 Å². The van der Waals surface area contributed by atoms with Crippen LogP contribution in [0.1, 0.15) is 76.0 Å². The van der Waals surface area contributed by atoms with E-state index in [1.54, 1.807) is 11.8 Å². The van der Waals surface area contributed by atoms with E-state index in [1.165, 1.54) is 0 Å². The van der Waals surface area contributed by atoms with Crippen molar-refractivity contribution >= 4 is 17.7 Å². The maximum Gasteiger partial charge on any atom is 0.323 e. The smallest absolute Gasteiger partial charge is 0.323 e. The normalized spacial score (nSPS) is 13.3. The van der Waals surface area contributed by atoms with Crippen LogP contribution in [0.15, 0.2) is 91.1 Å². The summed E-state index contributed by atoms with van der Waals surface area (Å²) in [6.07, 6.45) is 30.7. The fraction of sp³-hybridized carbons (Fsp3) is 0.433. The van der Waals surface area contributed by atoms with Crippen LogP contribution in [0.25, 0.3) is 0 Å². The number of unbranched alkanes of at least 4 members (excludes halogenated alkanes) is 2. The van der Waals surface area contributed by atoms with Crippen molar-refractivity contribution in [2.24, 2.45) is 0 Å². The molecular weight excluding hydrogens is 424 g/mol. The highest BCUT2D eigenvalue weighted by Crippen LogP contribution is 2.31. The lowest BCUT2D eigenvalue weighted by molar-refractivity contribution is -0.142. The lowest BCUT2D eigenvalue weighted by Crippen LogP contribution is -2.13. The van der Waals surface area contributed by atoms with E-state index in [0.717, 1.165) is 62.7 Å². The van der Waals surface area contributed by atoms with E-state index in [4.69, 9.17) is 4.74 Å². The highest BCUT2D eigenvalue weighted by molar-refractivity contribution is 8.00. The molecule has 0 aliphatic carbocycles. The Bertz CT molecular complexity index is 744. The summed E-state index contributed by atoms with van der Waals surface area (Å²) < 4.78 is 5.26. The molecule has 0 aromatic heterocycles. The van der Waals surface area contributed by atoms with E-state index in [0.29, 0.717) is 6.61 Å². The van der Waals surface area contributed by atoms with Gasteiger partial charge in [0.2, 0.25) is 0 Å². The molecule has 0 radical (unpaired) electrons. The third kappa shape index (κ3) is 16.1. The Morgan fingerprint density at radius 3 is 1.88 bits per heavy atom. The predicted molar refractivity (Wildman–Crippen MR) is 147 cm³/mol. The maximum atomic E-state index is 12.3. The van der Waals surface area contributed by atoms with Crippen LogP contribution in [0.5, 0.6) is 0 Å². The van der Waals surface area contributed by atoms with Crippen LogP contribution >= 0.6 is 11.8 Å². The summed E-state index contributed by atoms with van der Waals surface area (Å²) in [4.78, 5) is 12.3. The van der Waals surface area contributed by atoms with Crippen molar-refractivity contribution in [3.05, 3.63) is 96.7 Å². The minimum Gasteiger partial charge on any atom is -0.465 e. The summed E-state index contributed by atoms with van der Waals surface area (Å²) >= 11 is 1.69. The Morgan fingerprint density at radius 2 is 1.33 bits per heavy atom. The fourth-order valence-electron chi connectivity index (χ4n) is 3.08. The van der Waals surface area contributed by atoms with Crippen LogP contribution in [0.2, 0.25) is 0 Å². The quantitative estimate of drug-likeness (QED) is 0.123. The number of hydrogen-bond donors (Lipinski definition) is 0. The molecular formula is C30H42O2S. The van der Waals surface area contributed by atoms with Gasteiger partial charge in [-0.3, -0.25) is 4.79 Å². The topological polar surface area (TPSA) is 26.3 Å². The molecule has 1 atom stereocenters. The molecule has 2 nitrogen and oxygen atoms in total. The summed E-state index contributed by atoms with van der Waals surface area (Å²) in [5, 5.41) is -0.222. The molecule has 0 amide bonds. The number of thioether (sulfide) groups is 1. The predicted octanol–water partition coefficient (Wildman–Crippen LogP) is 8.95. The van der Waals surface area contributed by atoms with Crippen LogP contribution < -0.4 is 0 Å². The molecule has 1 aromatic rings. The molecule has 33 heavy (non-hydrogen) atoms. The van der Waals surface area contributed by atoms with Gasteiger partial charge in [0.05, 0.1) is 6.61 Å². The number of rotatable bonds is 18. The number of ether oxygens (including phenoxy) is 1. The molecule has 0 saturated carbocycles.